The van der Waals surface area contributed by atoms with Gasteiger partial charge in [0.05, 0.1) is 23.0 Å². The summed E-state index contributed by atoms with van der Waals surface area (Å²) in [7, 11) is -3.74. The third kappa shape index (κ3) is 5.10. The SMILES string of the molecule is C=CC(N1CCOCC1)S(=O)(=O)c1ccc(NC(=O)c2cc(Cl)ccc2[N+](=O)[O-])cc1. The first-order chi connectivity index (χ1) is 14.7. The van der Waals surface area contributed by atoms with Gasteiger partial charge in [-0.1, -0.05) is 17.7 Å². The number of morpholine rings is 1. The average Bonchev–Trinajstić information content (AvgIpc) is 2.75. The second-order valence-corrected chi connectivity index (χ2v) is 9.20. The molecule has 31 heavy (non-hydrogen) atoms. The summed E-state index contributed by atoms with van der Waals surface area (Å²) in [5, 5.41) is 13.0. The Bertz CT molecular complexity index is 1100. The smallest absolute Gasteiger partial charge is 0.282 e. The van der Waals surface area contributed by atoms with Crippen LogP contribution >= 0.6 is 11.6 Å². The molecule has 0 bridgehead atoms. The Labute approximate surface area is 184 Å². The lowest BCUT2D eigenvalue weighted by atomic mass is 10.1. The zero-order chi connectivity index (χ0) is 22.6. The molecule has 9 nitrogen and oxygen atoms in total. The second-order valence-electron chi connectivity index (χ2n) is 6.72. The van der Waals surface area contributed by atoms with Crippen LogP contribution in [0.3, 0.4) is 0 Å². The average molecular weight is 466 g/mol. The number of ether oxygens (including phenoxy) is 1. The first-order valence-electron chi connectivity index (χ1n) is 9.27. The van der Waals surface area contributed by atoms with Crippen molar-refractivity contribution in [3.8, 4) is 0 Å². The number of carbonyl (C=O) groups is 1. The fourth-order valence-electron chi connectivity index (χ4n) is 3.22. The molecule has 0 aliphatic carbocycles. The topological polar surface area (TPSA) is 119 Å². The third-order valence-electron chi connectivity index (χ3n) is 4.77. The standard InChI is InChI=1S/C20H20ClN3O6S/c1-2-19(23-9-11-30-12-10-23)31(28,29)16-6-4-15(5-7-16)22-20(25)17-13-14(21)3-8-18(17)24(26)27/h2-8,13,19H,1,9-12H2,(H,22,25). The van der Waals surface area contributed by atoms with Crippen molar-refractivity contribution < 1.29 is 22.9 Å². The van der Waals surface area contributed by atoms with Gasteiger partial charge in [0.15, 0.2) is 9.84 Å². The van der Waals surface area contributed by atoms with Crippen molar-refractivity contribution >= 4 is 38.7 Å². The van der Waals surface area contributed by atoms with E-state index in [0.717, 1.165) is 6.07 Å². The van der Waals surface area contributed by atoms with E-state index in [4.69, 9.17) is 16.3 Å². The van der Waals surface area contributed by atoms with Crippen LogP contribution in [-0.2, 0) is 14.6 Å². The van der Waals surface area contributed by atoms with E-state index in [-0.39, 0.29) is 26.9 Å². The van der Waals surface area contributed by atoms with Crippen molar-refractivity contribution in [3.63, 3.8) is 0 Å². The second kappa shape index (κ2) is 9.56. The molecule has 0 aromatic heterocycles. The van der Waals surface area contributed by atoms with E-state index >= 15 is 0 Å². The molecule has 1 aliphatic rings. The summed E-state index contributed by atoms with van der Waals surface area (Å²) < 4.78 is 31.4. The lowest BCUT2D eigenvalue weighted by molar-refractivity contribution is -0.385. The number of benzene rings is 2. The number of halogens is 1. The van der Waals surface area contributed by atoms with Crippen molar-refractivity contribution in [2.45, 2.75) is 10.3 Å². The summed E-state index contributed by atoms with van der Waals surface area (Å²) in [6.45, 7) is 5.50. The maximum Gasteiger partial charge on any atom is 0.282 e. The quantitative estimate of drug-likeness (QED) is 0.379. The highest BCUT2D eigenvalue weighted by Crippen LogP contribution is 2.25. The highest BCUT2D eigenvalue weighted by atomic mass is 35.5. The Balaban J connectivity index is 1.80. The van der Waals surface area contributed by atoms with E-state index in [1.165, 1.54) is 42.5 Å². The first-order valence-corrected chi connectivity index (χ1v) is 11.2. The van der Waals surface area contributed by atoms with Crippen LogP contribution in [-0.4, -0.2) is 55.8 Å². The number of hydrogen-bond donors (Lipinski definition) is 1. The minimum atomic E-state index is -3.74. The highest BCUT2D eigenvalue weighted by molar-refractivity contribution is 7.92. The van der Waals surface area contributed by atoms with Crippen LogP contribution < -0.4 is 5.32 Å². The molecule has 0 radical (unpaired) electrons. The monoisotopic (exact) mass is 465 g/mol. The van der Waals surface area contributed by atoms with Crippen LogP contribution in [0.1, 0.15) is 10.4 Å². The number of nitrogens with zero attached hydrogens (tertiary/aromatic N) is 2. The maximum atomic E-state index is 13.0. The van der Waals surface area contributed by atoms with E-state index in [1.807, 2.05) is 0 Å². The summed E-state index contributed by atoms with van der Waals surface area (Å²) in [5.41, 5.74) is -0.312. The fourth-order valence-corrected chi connectivity index (χ4v) is 5.04. The summed E-state index contributed by atoms with van der Waals surface area (Å²) in [5.74, 6) is -0.734. The number of hydrogen-bond acceptors (Lipinski definition) is 7. The first kappa shape index (κ1) is 22.9. The summed E-state index contributed by atoms with van der Waals surface area (Å²) in [4.78, 5) is 24.8. The highest BCUT2D eigenvalue weighted by Gasteiger charge is 2.31. The molecular formula is C20H20ClN3O6S. The molecule has 1 unspecified atom stereocenters. The molecule has 1 aliphatic heterocycles. The van der Waals surface area contributed by atoms with Gasteiger partial charge >= 0.3 is 0 Å². The van der Waals surface area contributed by atoms with Gasteiger partial charge in [0, 0.05) is 29.9 Å². The van der Waals surface area contributed by atoms with Gasteiger partial charge < -0.3 is 10.1 Å². The van der Waals surface area contributed by atoms with Gasteiger partial charge in [-0.25, -0.2) is 8.42 Å². The lowest BCUT2D eigenvalue weighted by Gasteiger charge is -2.32. The number of nitrogens with one attached hydrogen (secondary N) is 1. The maximum absolute atomic E-state index is 13.0. The van der Waals surface area contributed by atoms with Crippen LogP contribution in [0, 0.1) is 10.1 Å². The number of sulfone groups is 1. The fraction of sp³-hybridized carbons (Fsp3) is 0.250. The molecular weight excluding hydrogens is 446 g/mol. The molecule has 2 aromatic rings. The molecule has 3 rings (SSSR count). The van der Waals surface area contributed by atoms with E-state index in [1.54, 1.807) is 4.90 Å². The molecule has 0 spiro atoms. The van der Waals surface area contributed by atoms with Crippen molar-refractivity contribution in [3.05, 3.63) is 75.8 Å². The van der Waals surface area contributed by atoms with Gasteiger partial charge in [-0.3, -0.25) is 19.8 Å². The van der Waals surface area contributed by atoms with E-state index in [2.05, 4.69) is 11.9 Å². The number of nitro groups is 1. The van der Waals surface area contributed by atoms with Crippen molar-refractivity contribution in [1.29, 1.82) is 0 Å². The molecule has 1 amide bonds. The molecule has 1 fully saturated rings. The van der Waals surface area contributed by atoms with E-state index in [0.29, 0.717) is 26.3 Å². The zero-order valence-electron chi connectivity index (χ0n) is 16.4. The van der Waals surface area contributed by atoms with Gasteiger partial charge in [-0.15, -0.1) is 6.58 Å². The van der Waals surface area contributed by atoms with Gasteiger partial charge in [0.1, 0.15) is 10.9 Å². The Morgan fingerprint density at radius 3 is 2.45 bits per heavy atom. The van der Waals surface area contributed by atoms with Gasteiger partial charge in [0.25, 0.3) is 11.6 Å². The normalized spacial score (nSPS) is 15.8. The van der Waals surface area contributed by atoms with Crippen molar-refractivity contribution in [2.24, 2.45) is 0 Å². The van der Waals surface area contributed by atoms with Crippen LogP contribution in [0.4, 0.5) is 11.4 Å². The van der Waals surface area contributed by atoms with Crippen LogP contribution in [0.5, 0.6) is 0 Å². The molecule has 1 saturated heterocycles. The number of carbonyl (C=O) groups excluding carboxylic acids is 1. The predicted octanol–water partition coefficient (Wildman–Crippen LogP) is 3.12. The number of nitro benzene ring substituents is 1. The largest absolute Gasteiger partial charge is 0.379 e. The van der Waals surface area contributed by atoms with E-state index in [9.17, 15) is 23.3 Å². The summed E-state index contributed by atoms with van der Waals surface area (Å²) >= 11 is 5.86. The van der Waals surface area contributed by atoms with Crippen LogP contribution in [0.2, 0.25) is 5.02 Å². The predicted molar refractivity (Wildman–Crippen MR) is 116 cm³/mol. The Hall–Kier alpha value is -2.79. The molecule has 1 N–H and O–H groups in total. The minimum absolute atomic E-state index is 0.0654. The Morgan fingerprint density at radius 2 is 1.87 bits per heavy atom. The Morgan fingerprint density at radius 1 is 1.23 bits per heavy atom. The zero-order valence-corrected chi connectivity index (χ0v) is 17.9. The van der Waals surface area contributed by atoms with Gasteiger partial charge in [-0.05, 0) is 36.4 Å². The molecule has 1 atom stereocenters. The van der Waals surface area contributed by atoms with Crippen molar-refractivity contribution in [2.75, 3.05) is 31.6 Å². The molecule has 164 valence electrons. The summed E-state index contributed by atoms with van der Waals surface area (Å²) in [6.07, 6.45) is 1.38. The minimum Gasteiger partial charge on any atom is -0.379 e. The van der Waals surface area contributed by atoms with E-state index < -0.39 is 26.0 Å². The third-order valence-corrected chi connectivity index (χ3v) is 7.06. The number of amides is 1. The number of anilines is 1. The van der Waals surface area contributed by atoms with Crippen molar-refractivity contribution in [1.82, 2.24) is 4.90 Å². The van der Waals surface area contributed by atoms with Gasteiger partial charge in [-0.2, -0.15) is 0 Å². The van der Waals surface area contributed by atoms with Gasteiger partial charge in [0.2, 0.25) is 0 Å². The molecule has 2 aromatic carbocycles. The molecule has 0 saturated carbocycles. The Kier molecular flexibility index (Phi) is 7.06. The molecule has 11 heteroatoms. The molecule has 1 heterocycles. The van der Waals surface area contributed by atoms with Crippen LogP contribution in [0.25, 0.3) is 0 Å². The van der Waals surface area contributed by atoms with Crippen LogP contribution in [0.15, 0.2) is 60.0 Å². The number of rotatable bonds is 7. The lowest BCUT2D eigenvalue weighted by Crippen LogP contribution is -2.46. The summed E-state index contributed by atoms with van der Waals surface area (Å²) in [6, 6.07) is 9.24.